The number of hydrogen-bond donors (Lipinski definition) is 1. The van der Waals surface area contributed by atoms with Crippen molar-refractivity contribution in [1.82, 2.24) is 4.90 Å². The molecule has 0 aromatic carbocycles. The number of nitrogens with zero attached hydrogens (tertiary/aromatic N) is 1. The average Bonchev–Trinajstić information content (AvgIpc) is 2.15. The van der Waals surface area contributed by atoms with Crippen LogP contribution in [0.2, 0.25) is 0 Å². The van der Waals surface area contributed by atoms with Gasteiger partial charge in [-0.25, -0.2) is 0 Å². The van der Waals surface area contributed by atoms with Gasteiger partial charge in [0.1, 0.15) is 0 Å². The number of likely N-dealkylation sites (tertiary alicyclic amines) is 1. The second-order valence-electron chi connectivity index (χ2n) is 5.17. The van der Waals surface area contributed by atoms with Crippen molar-refractivity contribution < 1.29 is 4.79 Å². The fraction of sp³-hybridized carbons (Fsp3) is 0.917. The van der Waals surface area contributed by atoms with E-state index in [-0.39, 0.29) is 5.92 Å². The van der Waals surface area contributed by atoms with Gasteiger partial charge in [-0.15, -0.1) is 0 Å². The van der Waals surface area contributed by atoms with E-state index in [1.54, 1.807) is 0 Å². The molecule has 1 heterocycles. The quantitative estimate of drug-likeness (QED) is 0.770. The second kappa shape index (κ2) is 5.50. The maximum atomic E-state index is 12.0. The molecule has 3 nitrogen and oxygen atoms in total. The average molecular weight is 212 g/mol. The zero-order valence-electron chi connectivity index (χ0n) is 10.2. The highest BCUT2D eigenvalue weighted by molar-refractivity contribution is 5.78. The highest BCUT2D eigenvalue weighted by Crippen LogP contribution is 2.22. The second-order valence-corrected chi connectivity index (χ2v) is 5.17. The van der Waals surface area contributed by atoms with Gasteiger partial charge in [-0.3, -0.25) is 4.79 Å². The lowest BCUT2D eigenvalue weighted by atomic mass is 9.91. The molecule has 1 amide bonds. The Hall–Kier alpha value is -0.570. The van der Waals surface area contributed by atoms with E-state index in [1.807, 2.05) is 11.8 Å². The Bertz CT molecular complexity index is 208. The smallest absolute Gasteiger partial charge is 0.225 e. The van der Waals surface area contributed by atoms with Crippen molar-refractivity contribution in [1.29, 1.82) is 0 Å². The Labute approximate surface area is 93.0 Å². The van der Waals surface area contributed by atoms with Crippen molar-refractivity contribution in [2.45, 2.75) is 33.6 Å². The number of rotatable bonds is 3. The molecule has 1 fully saturated rings. The summed E-state index contributed by atoms with van der Waals surface area (Å²) in [6, 6.07) is 0. The third-order valence-corrected chi connectivity index (χ3v) is 3.20. The van der Waals surface area contributed by atoms with Crippen LogP contribution in [0.3, 0.4) is 0 Å². The van der Waals surface area contributed by atoms with Crippen molar-refractivity contribution in [2.24, 2.45) is 23.5 Å². The molecule has 1 saturated heterocycles. The van der Waals surface area contributed by atoms with Crippen molar-refractivity contribution in [3.63, 3.8) is 0 Å². The molecule has 3 unspecified atom stereocenters. The maximum absolute atomic E-state index is 12.0. The molecule has 0 radical (unpaired) electrons. The molecular weight excluding hydrogens is 188 g/mol. The molecule has 0 spiro atoms. The topological polar surface area (TPSA) is 46.3 Å². The van der Waals surface area contributed by atoms with Crippen molar-refractivity contribution in [3.8, 4) is 0 Å². The maximum Gasteiger partial charge on any atom is 0.225 e. The van der Waals surface area contributed by atoms with Gasteiger partial charge in [0, 0.05) is 19.0 Å². The van der Waals surface area contributed by atoms with Gasteiger partial charge in [0.05, 0.1) is 0 Å². The number of carbonyl (C=O) groups excluding carboxylic acids is 1. The monoisotopic (exact) mass is 212 g/mol. The van der Waals surface area contributed by atoms with Crippen molar-refractivity contribution >= 4 is 5.91 Å². The number of piperidine rings is 1. The fourth-order valence-corrected chi connectivity index (χ4v) is 2.53. The van der Waals surface area contributed by atoms with Gasteiger partial charge in [0.2, 0.25) is 5.91 Å². The largest absolute Gasteiger partial charge is 0.342 e. The van der Waals surface area contributed by atoms with E-state index in [0.29, 0.717) is 24.3 Å². The molecular formula is C12H24N2O. The molecule has 1 aliphatic rings. The van der Waals surface area contributed by atoms with E-state index in [2.05, 4.69) is 13.8 Å². The van der Waals surface area contributed by atoms with Gasteiger partial charge in [-0.05, 0) is 31.2 Å². The summed E-state index contributed by atoms with van der Waals surface area (Å²) < 4.78 is 0. The molecule has 3 heteroatoms. The third kappa shape index (κ3) is 3.49. The van der Waals surface area contributed by atoms with E-state index >= 15 is 0 Å². The molecule has 15 heavy (non-hydrogen) atoms. The Balaban J connectivity index is 2.51. The van der Waals surface area contributed by atoms with Gasteiger partial charge in [0.15, 0.2) is 0 Å². The predicted molar refractivity (Wildman–Crippen MR) is 62.4 cm³/mol. The number of nitrogens with two attached hydrogens (primary N) is 1. The molecule has 1 rings (SSSR count). The Morgan fingerprint density at radius 1 is 1.40 bits per heavy atom. The van der Waals surface area contributed by atoms with E-state index in [1.165, 1.54) is 6.42 Å². The normalized spacial score (nSPS) is 28.9. The summed E-state index contributed by atoms with van der Waals surface area (Å²) in [5.74, 6) is 1.66. The summed E-state index contributed by atoms with van der Waals surface area (Å²) in [5, 5.41) is 0. The van der Waals surface area contributed by atoms with Crippen LogP contribution < -0.4 is 5.73 Å². The first kappa shape index (κ1) is 12.5. The number of hydrogen-bond acceptors (Lipinski definition) is 2. The Kier molecular flexibility index (Phi) is 4.58. The first-order valence-electron chi connectivity index (χ1n) is 6.03. The highest BCUT2D eigenvalue weighted by Gasteiger charge is 2.27. The fourth-order valence-electron chi connectivity index (χ4n) is 2.53. The molecule has 0 aromatic heterocycles. The van der Waals surface area contributed by atoms with Crippen molar-refractivity contribution in [3.05, 3.63) is 0 Å². The van der Waals surface area contributed by atoms with Gasteiger partial charge < -0.3 is 10.6 Å². The van der Waals surface area contributed by atoms with Gasteiger partial charge >= 0.3 is 0 Å². The summed E-state index contributed by atoms with van der Waals surface area (Å²) in [6.07, 6.45) is 2.05. The highest BCUT2D eigenvalue weighted by atomic mass is 16.2. The SMILES string of the molecule is CC1CC(C)CN(C(=O)C(C)CCN)C1. The van der Waals surface area contributed by atoms with Crippen LogP contribution in [0.5, 0.6) is 0 Å². The molecule has 0 saturated carbocycles. The summed E-state index contributed by atoms with van der Waals surface area (Å²) in [4.78, 5) is 14.1. The van der Waals surface area contributed by atoms with Crippen LogP contribution in [0.15, 0.2) is 0 Å². The van der Waals surface area contributed by atoms with Crippen molar-refractivity contribution in [2.75, 3.05) is 19.6 Å². The minimum atomic E-state index is 0.0903. The molecule has 1 aliphatic heterocycles. The van der Waals surface area contributed by atoms with Crippen LogP contribution in [0.25, 0.3) is 0 Å². The molecule has 3 atom stereocenters. The van der Waals surface area contributed by atoms with E-state index < -0.39 is 0 Å². The van der Waals surface area contributed by atoms with Crippen LogP contribution in [-0.4, -0.2) is 30.4 Å². The lowest BCUT2D eigenvalue weighted by molar-refractivity contribution is -0.137. The summed E-state index contributed by atoms with van der Waals surface area (Å²) in [7, 11) is 0. The first-order chi connectivity index (χ1) is 7.04. The van der Waals surface area contributed by atoms with Crippen LogP contribution in [0.4, 0.5) is 0 Å². The predicted octanol–water partition coefficient (Wildman–Crippen LogP) is 1.48. The lowest BCUT2D eigenvalue weighted by Crippen LogP contribution is -2.45. The van der Waals surface area contributed by atoms with E-state index in [9.17, 15) is 4.79 Å². The Morgan fingerprint density at radius 2 is 1.93 bits per heavy atom. The molecule has 88 valence electrons. The molecule has 0 bridgehead atoms. The van der Waals surface area contributed by atoms with E-state index in [4.69, 9.17) is 5.73 Å². The standard InChI is InChI=1S/C12H24N2O/c1-9-6-10(2)8-14(7-9)12(15)11(3)4-5-13/h9-11H,4-8,13H2,1-3H3. The molecule has 0 aromatic rings. The van der Waals surface area contributed by atoms with Crippen LogP contribution in [-0.2, 0) is 4.79 Å². The Morgan fingerprint density at radius 3 is 2.40 bits per heavy atom. The van der Waals surface area contributed by atoms with Crippen LogP contribution >= 0.6 is 0 Å². The third-order valence-electron chi connectivity index (χ3n) is 3.20. The summed E-state index contributed by atoms with van der Waals surface area (Å²) in [5.41, 5.74) is 5.48. The van der Waals surface area contributed by atoms with Gasteiger partial charge in [-0.2, -0.15) is 0 Å². The minimum Gasteiger partial charge on any atom is -0.342 e. The lowest BCUT2D eigenvalue weighted by Gasteiger charge is -2.36. The molecule has 0 aliphatic carbocycles. The first-order valence-corrected chi connectivity index (χ1v) is 6.03. The zero-order chi connectivity index (χ0) is 11.4. The summed E-state index contributed by atoms with van der Waals surface area (Å²) in [6.45, 7) is 8.90. The zero-order valence-corrected chi connectivity index (χ0v) is 10.2. The minimum absolute atomic E-state index is 0.0903. The van der Waals surface area contributed by atoms with Gasteiger partial charge in [-0.1, -0.05) is 20.8 Å². The number of carbonyl (C=O) groups is 1. The van der Waals surface area contributed by atoms with Crippen LogP contribution in [0.1, 0.15) is 33.6 Å². The molecule has 2 N–H and O–H groups in total. The summed E-state index contributed by atoms with van der Waals surface area (Å²) >= 11 is 0. The number of amides is 1. The van der Waals surface area contributed by atoms with Crippen LogP contribution in [0, 0.1) is 17.8 Å². The van der Waals surface area contributed by atoms with Gasteiger partial charge in [0.25, 0.3) is 0 Å². The van der Waals surface area contributed by atoms with E-state index in [0.717, 1.165) is 19.5 Å².